The lowest BCUT2D eigenvalue weighted by molar-refractivity contribution is -0.0222. The van der Waals surface area contributed by atoms with Crippen molar-refractivity contribution in [3.63, 3.8) is 0 Å². The molecule has 0 amide bonds. The topological polar surface area (TPSA) is 38.5 Å². The lowest BCUT2D eigenvalue weighted by Gasteiger charge is -2.26. The van der Waals surface area contributed by atoms with E-state index in [4.69, 9.17) is 10.5 Å². The van der Waals surface area contributed by atoms with Gasteiger partial charge in [0, 0.05) is 26.2 Å². The number of nitrogens with two attached hydrogens (primary N) is 1. The molecular formula is C8H18N2O. The van der Waals surface area contributed by atoms with E-state index in [9.17, 15) is 0 Å². The van der Waals surface area contributed by atoms with Crippen molar-refractivity contribution in [2.45, 2.75) is 18.9 Å². The molecule has 0 aromatic carbocycles. The first-order chi connectivity index (χ1) is 5.22. The van der Waals surface area contributed by atoms with Crippen LogP contribution in [-0.4, -0.2) is 43.8 Å². The second-order valence-electron chi connectivity index (χ2n) is 3.31. The van der Waals surface area contributed by atoms with Crippen LogP contribution in [0.1, 0.15) is 13.3 Å². The Hall–Kier alpha value is -0.120. The second kappa shape index (κ2) is 3.52. The molecule has 1 aliphatic rings. The summed E-state index contributed by atoms with van der Waals surface area (Å²) in [7, 11) is 2.11. The molecule has 3 nitrogen and oxygen atoms in total. The van der Waals surface area contributed by atoms with Gasteiger partial charge in [-0.1, -0.05) is 0 Å². The summed E-state index contributed by atoms with van der Waals surface area (Å²) in [5.41, 5.74) is 5.63. The minimum absolute atomic E-state index is 0.0382. The Balaban J connectivity index is 2.48. The highest BCUT2D eigenvalue weighted by Gasteiger charge is 2.35. The lowest BCUT2D eigenvalue weighted by atomic mass is 10.0. The Bertz CT molecular complexity index is 125. The van der Waals surface area contributed by atoms with Crippen molar-refractivity contribution in [3.8, 4) is 0 Å². The summed E-state index contributed by atoms with van der Waals surface area (Å²) in [4.78, 5) is 2.27. The Labute approximate surface area is 68.5 Å². The molecule has 0 aromatic heterocycles. The zero-order valence-electron chi connectivity index (χ0n) is 7.47. The van der Waals surface area contributed by atoms with Gasteiger partial charge in [0.25, 0.3) is 0 Å². The van der Waals surface area contributed by atoms with Crippen LogP contribution >= 0.6 is 0 Å². The van der Waals surface area contributed by atoms with Crippen molar-refractivity contribution >= 4 is 0 Å². The molecule has 1 fully saturated rings. The van der Waals surface area contributed by atoms with Crippen LogP contribution in [0.5, 0.6) is 0 Å². The van der Waals surface area contributed by atoms with Crippen molar-refractivity contribution < 1.29 is 4.74 Å². The molecule has 1 rings (SSSR count). The zero-order chi connectivity index (χ0) is 8.32. The van der Waals surface area contributed by atoms with Gasteiger partial charge in [0.1, 0.15) is 0 Å². The van der Waals surface area contributed by atoms with Crippen molar-refractivity contribution in [1.82, 2.24) is 4.90 Å². The van der Waals surface area contributed by atoms with Gasteiger partial charge in [-0.15, -0.1) is 0 Å². The molecule has 1 unspecified atom stereocenters. The summed E-state index contributed by atoms with van der Waals surface area (Å²) in [6, 6.07) is 0. The first-order valence-corrected chi connectivity index (χ1v) is 4.25. The molecule has 3 heteroatoms. The maximum absolute atomic E-state index is 5.67. The summed E-state index contributed by atoms with van der Waals surface area (Å²) in [5.74, 6) is 0. The smallest absolute Gasteiger partial charge is 0.0942 e. The van der Waals surface area contributed by atoms with E-state index in [0.717, 1.165) is 26.1 Å². The molecule has 2 N–H and O–H groups in total. The molecule has 0 spiro atoms. The molecule has 0 aliphatic carbocycles. The number of hydrogen-bond acceptors (Lipinski definition) is 3. The van der Waals surface area contributed by atoms with E-state index in [-0.39, 0.29) is 5.60 Å². The third kappa shape index (κ3) is 1.92. The van der Waals surface area contributed by atoms with Crippen molar-refractivity contribution in [1.29, 1.82) is 0 Å². The Morgan fingerprint density at radius 2 is 2.36 bits per heavy atom. The van der Waals surface area contributed by atoms with E-state index in [1.807, 2.05) is 6.92 Å². The lowest BCUT2D eigenvalue weighted by Crippen LogP contribution is -2.42. The van der Waals surface area contributed by atoms with Gasteiger partial charge in [-0.3, -0.25) is 0 Å². The summed E-state index contributed by atoms with van der Waals surface area (Å²) in [6.07, 6.45) is 1.08. The monoisotopic (exact) mass is 158 g/mol. The predicted octanol–water partition coefficient (Wildman–Crippen LogP) is 0.0559. The van der Waals surface area contributed by atoms with Crippen LogP contribution in [0, 0.1) is 0 Å². The van der Waals surface area contributed by atoms with E-state index in [0.29, 0.717) is 6.54 Å². The van der Waals surface area contributed by atoms with E-state index < -0.39 is 0 Å². The fraction of sp³-hybridized carbons (Fsp3) is 1.00. The molecule has 1 aliphatic heterocycles. The van der Waals surface area contributed by atoms with Gasteiger partial charge in [0.2, 0.25) is 0 Å². The van der Waals surface area contributed by atoms with Gasteiger partial charge in [-0.2, -0.15) is 0 Å². The Kier molecular flexibility index (Phi) is 2.87. The van der Waals surface area contributed by atoms with Gasteiger partial charge in [0.05, 0.1) is 5.60 Å². The van der Waals surface area contributed by atoms with Crippen LogP contribution in [0.25, 0.3) is 0 Å². The number of likely N-dealkylation sites (N-methyl/N-ethyl adjacent to an activating group) is 1. The van der Waals surface area contributed by atoms with Crippen LogP contribution in [0.3, 0.4) is 0 Å². The summed E-state index contributed by atoms with van der Waals surface area (Å²) in [6.45, 7) is 5.53. The zero-order valence-corrected chi connectivity index (χ0v) is 7.47. The number of rotatable bonds is 3. The Morgan fingerprint density at radius 1 is 1.64 bits per heavy atom. The predicted molar refractivity (Wildman–Crippen MR) is 45.5 cm³/mol. The minimum atomic E-state index is -0.0382. The third-order valence-corrected chi connectivity index (χ3v) is 2.33. The highest BCUT2D eigenvalue weighted by Crippen LogP contribution is 2.22. The fourth-order valence-corrected chi connectivity index (χ4v) is 1.69. The second-order valence-corrected chi connectivity index (χ2v) is 3.31. The van der Waals surface area contributed by atoms with E-state index >= 15 is 0 Å². The van der Waals surface area contributed by atoms with E-state index in [2.05, 4.69) is 11.9 Å². The average molecular weight is 158 g/mol. The molecule has 0 saturated carbocycles. The number of hydrogen-bond donors (Lipinski definition) is 1. The SMILES string of the molecule is CCOC1(CN)CCN(C)C1. The normalized spacial score (nSPS) is 33.0. The van der Waals surface area contributed by atoms with Gasteiger partial charge < -0.3 is 15.4 Å². The van der Waals surface area contributed by atoms with Gasteiger partial charge >= 0.3 is 0 Å². The summed E-state index contributed by atoms with van der Waals surface area (Å²) in [5, 5.41) is 0. The fourth-order valence-electron chi connectivity index (χ4n) is 1.69. The molecule has 0 radical (unpaired) electrons. The standard InChI is InChI=1S/C8H18N2O/c1-3-11-8(6-9)4-5-10(2)7-8/h3-7,9H2,1-2H3. The molecule has 1 saturated heterocycles. The molecule has 66 valence electrons. The maximum Gasteiger partial charge on any atom is 0.0942 e. The first-order valence-electron chi connectivity index (χ1n) is 4.25. The molecule has 1 heterocycles. The quantitative estimate of drug-likeness (QED) is 0.631. The number of likely N-dealkylation sites (tertiary alicyclic amines) is 1. The molecule has 11 heavy (non-hydrogen) atoms. The highest BCUT2D eigenvalue weighted by atomic mass is 16.5. The van der Waals surface area contributed by atoms with E-state index in [1.54, 1.807) is 0 Å². The third-order valence-electron chi connectivity index (χ3n) is 2.33. The first kappa shape index (κ1) is 8.97. The van der Waals surface area contributed by atoms with Gasteiger partial charge in [-0.05, 0) is 20.4 Å². The summed E-state index contributed by atoms with van der Waals surface area (Å²) >= 11 is 0. The van der Waals surface area contributed by atoms with Crippen molar-refractivity contribution in [2.75, 3.05) is 33.3 Å². The maximum atomic E-state index is 5.67. The van der Waals surface area contributed by atoms with Gasteiger partial charge in [0.15, 0.2) is 0 Å². The minimum Gasteiger partial charge on any atom is -0.373 e. The van der Waals surface area contributed by atoms with Crippen LogP contribution in [0.2, 0.25) is 0 Å². The average Bonchev–Trinajstić information content (AvgIpc) is 2.34. The van der Waals surface area contributed by atoms with Gasteiger partial charge in [-0.25, -0.2) is 0 Å². The number of nitrogens with zero attached hydrogens (tertiary/aromatic N) is 1. The molecule has 0 aromatic rings. The largest absolute Gasteiger partial charge is 0.373 e. The van der Waals surface area contributed by atoms with E-state index in [1.165, 1.54) is 0 Å². The Morgan fingerprint density at radius 3 is 2.73 bits per heavy atom. The van der Waals surface area contributed by atoms with Crippen LogP contribution in [-0.2, 0) is 4.74 Å². The van der Waals surface area contributed by atoms with Crippen molar-refractivity contribution in [3.05, 3.63) is 0 Å². The molecular weight excluding hydrogens is 140 g/mol. The summed E-state index contributed by atoms with van der Waals surface area (Å²) < 4.78 is 5.64. The molecule has 1 atom stereocenters. The van der Waals surface area contributed by atoms with Crippen LogP contribution < -0.4 is 5.73 Å². The van der Waals surface area contributed by atoms with Crippen LogP contribution in [0.15, 0.2) is 0 Å². The number of ether oxygens (including phenoxy) is 1. The highest BCUT2D eigenvalue weighted by molar-refractivity contribution is 4.91. The van der Waals surface area contributed by atoms with Crippen LogP contribution in [0.4, 0.5) is 0 Å². The molecule has 0 bridgehead atoms. The van der Waals surface area contributed by atoms with Crippen molar-refractivity contribution in [2.24, 2.45) is 5.73 Å².